The van der Waals surface area contributed by atoms with E-state index >= 15 is 0 Å². The fraction of sp³-hybridized carbons (Fsp3) is 0.462. The highest BCUT2D eigenvalue weighted by molar-refractivity contribution is 5.76. The molecule has 5 heteroatoms. The second-order valence-corrected chi connectivity index (χ2v) is 4.45. The number of alkyl halides is 3. The van der Waals surface area contributed by atoms with E-state index in [-0.39, 0.29) is 23.4 Å². The zero-order chi connectivity index (χ0) is 13.3. The van der Waals surface area contributed by atoms with Gasteiger partial charge in [-0.25, -0.2) is 0 Å². The molecule has 0 unspecified atom stereocenters. The molecule has 0 saturated heterocycles. The first kappa shape index (κ1) is 12.9. The first-order valence-electron chi connectivity index (χ1n) is 5.89. The van der Waals surface area contributed by atoms with Crippen molar-refractivity contribution in [2.75, 3.05) is 0 Å². The lowest BCUT2D eigenvalue weighted by atomic mass is 10.0. The molecule has 0 radical (unpaired) electrons. The lowest BCUT2D eigenvalue weighted by molar-refractivity contribution is -0.138. The number of halogens is 3. The quantitative estimate of drug-likeness (QED) is 0.885. The number of hydrogen-bond acceptors (Lipinski definition) is 1. The van der Waals surface area contributed by atoms with Gasteiger partial charge in [0.25, 0.3) is 0 Å². The fourth-order valence-electron chi connectivity index (χ4n) is 2.09. The molecule has 0 bridgehead atoms. The van der Waals surface area contributed by atoms with Crippen LogP contribution in [0.2, 0.25) is 0 Å². The van der Waals surface area contributed by atoms with Crippen LogP contribution in [0.15, 0.2) is 24.3 Å². The predicted octanol–water partition coefficient (Wildman–Crippen LogP) is 3.09. The van der Waals surface area contributed by atoms with Crippen LogP contribution in [0.3, 0.4) is 0 Å². The smallest absolute Gasteiger partial charge is 0.353 e. The molecule has 0 spiro atoms. The van der Waals surface area contributed by atoms with Crippen molar-refractivity contribution in [2.24, 2.45) is 0 Å². The molecule has 18 heavy (non-hydrogen) atoms. The van der Waals surface area contributed by atoms with E-state index in [4.69, 9.17) is 0 Å². The normalized spacial score (nSPS) is 22.7. The Bertz CT molecular complexity index is 456. The second-order valence-electron chi connectivity index (χ2n) is 4.45. The van der Waals surface area contributed by atoms with Crippen LogP contribution in [0.25, 0.3) is 0 Å². The van der Waals surface area contributed by atoms with Crippen LogP contribution in [0, 0.1) is 0 Å². The van der Waals surface area contributed by atoms with Crippen LogP contribution < -0.4 is 5.32 Å². The van der Waals surface area contributed by atoms with Gasteiger partial charge in [-0.2, -0.15) is 13.2 Å². The Morgan fingerprint density at radius 2 is 2.06 bits per heavy atom. The number of carbonyl (C=O) groups excluding carboxylic acids is 1. The van der Waals surface area contributed by atoms with Crippen molar-refractivity contribution < 1.29 is 18.0 Å². The molecule has 1 aromatic carbocycles. The Morgan fingerprint density at radius 1 is 1.39 bits per heavy atom. The van der Waals surface area contributed by atoms with Crippen molar-refractivity contribution in [3.8, 4) is 0 Å². The summed E-state index contributed by atoms with van der Waals surface area (Å²) in [7, 11) is 0. The maximum atomic E-state index is 12.8. The van der Waals surface area contributed by atoms with E-state index in [1.165, 1.54) is 12.1 Å². The van der Waals surface area contributed by atoms with Crippen molar-refractivity contribution >= 4 is 5.91 Å². The third kappa shape index (κ3) is 2.66. The van der Waals surface area contributed by atoms with Gasteiger partial charge in [-0.3, -0.25) is 4.79 Å². The molecule has 98 valence electrons. The largest absolute Gasteiger partial charge is 0.416 e. The standard InChI is InChI=1S/C13H14F3NO/c1-2-12(18)17-11-7-9(11)8-5-3-4-6-10(8)13(14,15)16/h3-6,9,11H,2,7H2,1H3,(H,17,18)/t9-,11-/m0/s1. The molecule has 0 aliphatic heterocycles. The minimum atomic E-state index is -4.33. The average Bonchev–Trinajstić information content (AvgIpc) is 3.07. The van der Waals surface area contributed by atoms with Gasteiger partial charge in [0, 0.05) is 18.4 Å². The number of amides is 1. The van der Waals surface area contributed by atoms with E-state index in [9.17, 15) is 18.0 Å². The zero-order valence-corrected chi connectivity index (χ0v) is 9.92. The number of carbonyl (C=O) groups is 1. The minimum Gasteiger partial charge on any atom is -0.353 e. The van der Waals surface area contributed by atoms with Gasteiger partial charge in [0.2, 0.25) is 5.91 Å². The summed E-state index contributed by atoms with van der Waals surface area (Å²) in [4.78, 5) is 11.2. The molecular weight excluding hydrogens is 243 g/mol. The summed E-state index contributed by atoms with van der Waals surface area (Å²) < 4.78 is 38.4. The van der Waals surface area contributed by atoms with Crippen molar-refractivity contribution in [2.45, 2.75) is 37.9 Å². The first-order chi connectivity index (χ1) is 8.43. The van der Waals surface area contributed by atoms with E-state index in [1.54, 1.807) is 13.0 Å². The molecule has 2 nitrogen and oxygen atoms in total. The molecular formula is C13H14F3NO. The highest BCUT2D eigenvalue weighted by Gasteiger charge is 2.44. The number of nitrogens with one attached hydrogen (secondary N) is 1. The number of rotatable bonds is 3. The predicted molar refractivity (Wildman–Crippen MR) is 61.0 cm³/mol. The molecule has 0 aromatic heterocycles. The van der Waals surface area contributed by atoms with Gasteiger partial charge < -0.3 is 5.32 Å². The van der Waals surface area contributed by atoms with E-state index in [2.05, 4.69) is 5.32 Å². The SMILES string of the molecule is CCC(=O)N[C@H]1C[C@H]1c1ccccc1C(F)(F)F. The molecule has 1 saturated carbocycles. The monoisotopic (exact) mass is 257 g/mol. The summed E-state index contributed by atoms with van der Waals surface area (Å²) in [6.07, 6.45) is -3.40. The molecule has 1 aliphatic rings. The van der Waals surface area contributed by atoms with E-state index in [0.717, 1.165) is 6.07 Å². The Labute approximate surface area is 103 Å². The lowest BCUT2D eigenvalue weighted by Crippen LogP contribution is -2.25. The van der Waals surface area contributed by atoms with Gasteiger partial charge in [0.05, 0.1) is 5.56 Å². The Morgan fingerprint density at radius 3 is 2.67 bits per heavy atom. The summed E-state index contributed by atoms with van der Waals surface area (Å²) in [6, 6.07) is 5.41. The highest BCUT2D eigenvalue weighted by atomic mass is 19.4. The van der Waals surface area contributed by atoms with E-state index in [1.807, 2.05) is 0 Å². The zero-order valence-electron chi connectivity index (χ0n) is 9.92. The van der Waals surface area contributed by atoms with Gasteiger partial charge >= 0.3 is 6.18 Å². The average molecular weight is 257 g/mol. The summed E-state index contributed by atoms with van der Waals surface area (Å²) in [5, 5.41) is 2.72. The number of hydrogen-bond donors (Lipinski definition) is 1. The molecule has 1 aliphatic carbocycles. The molecule has 0 heterocycles. The van der Waals surface area contributed by atoms with E-state index < -0.39 is 11.7 Å². The summed E-state index contributed by atoms with van der Waals surface area (Å²) in [6.45, 7) is 1.72. The molecule has 1 N–H and O–H groups in total. The Hall–Kier alpha value is -1.52. The topological polar surface area (TPSA) is 29.1 Å². The van der Waals surface area contributed by atoms with Crippen LogP contribution in [-0.4, -0.2) is 11.9 Å². The van der Waals surface area contributed by atoms with Crippen molar-refractivity contribution in [1.29, 1.82) is 0 Å². The summed E-state index contributed by atoms with van der Waals surface area (Å²) in [5.41, 5.74) is -0.311. The summed E-state index contributed by atoms with van der Waals surface area (Å²) in [5.74, 6) is -0.328. The maximum absolute atomic E-state index is 12.8. The molecule has 2 atom stereocenters. The Balaban J connectivity index is 2.14. The van der Waals surface area contributed by atoms with E-state index in [0.29, 0.717) is 12.8 Å². The van der Waals surface area contributed by atoms with Crippen molar-refractivity contribution in [3.63, 3.8) is 0 Å². The minimum absolute atomic E-state index is 0.119. The fourth-order valence-corrected chi connectivity index (χ4v) is 2.09. The van der Waals surface area contributed by atoms with Crippen LogP contribution >= 0.6 is 0 Å². The van der Waals surface area contributed by atoms with Gasteiger partial charge in [0.15, 0.2) is 0 Å². The highest BCUT2D eigenvalue weighted by Crippen LogP contribution is 2.46. The molecule has 2 rings (SSSR count). The van der Waals surface area contributed by atoms with Crippen LogP contribution in [0.4, 0.5) is 13.2 Å². The third-order valence-electron chi connectivity index (χ3n) is 3.12. The van der Waals surface area contributed by atoms with Crippen LogP contribution in [0.1, 0.15) is 36.8 Å². The second kappa shape index (κ2) is 4.63. The Kier molecular flexibility index (Phi) is 3.32. The van der Waals surface area contributed by atoms with Crippen molar-refractivity contribution in [1.82, 2.24) is 5.32 Å². The maximum Gasteiger partial charge on any atom is 0.416 e. The lowest BCUT2D eigenvalue weighted by Gasteiger charge is -2.12. The number of benzene rings is 1. The van der Waals surface area contributed by atoms with Gasteiger partial charge in [-0.15, -0.1) is 0 Å². The molecule has 1 amide bonds. The summed E-state index contributed by atoms with van der Waals surface area (Å²) >= 11 is 0. The first-order valence-corrected chi connectivity index (χ1v) is 5.89. The van der Waals surface area contributed by atoms with Gasteiger partial charge in [0.1, 0.15) is 0 Å². The van der Waals surface area contributed by atoms with Crippen LogP contribution in [0.5, 0.6) is 0 Å². The van der Waals surface area contributed by atoms with Crippen molar-refractivity contribution in [3.05, 3.63) is 35.4 Å². The molecule has 1 fully saturated rings. The van der Waals surface area contributed by atoms with Gasteiger partial charge in [-0.05, 0) is 18.1 Å². The third-order valence-corrected chi connectivity index (χ3v) is 3.12. The van der Waals surface area contributed by atoms with Crippen LogP contribution in [-0.2, 0) is 11.0 Å². The van der Waals surface area contributed by atoms with Gasteiger partial charge in [-0.1, -0.05) is 25.1 Å². The molecule has 1 aromatic rings.